The molecule has 1 aromatic carbocycles. The highest BCUT2D eigenvalue weighted by Gasteiger charge is 2.26. The molecule has 1 amide bonds. The lowest BCUT2D eigenvalue weighted by molar-refractivity contribution is -0.384. The molecule has 6 nitrogen and oxygen atoms in total. The second kappa shape index (κ2) is 4.99. The highest BCUT2D eigenvalue weighted by Crippen LogP contribution is 2.28. The molecule has 1 aromatic rings. The summed E-state index contributed by atoms with van der Waals surface area (Å²) in [7, 11) is 1.48. The van der Waals surface area contributed by atoms with E-state index in [0.717, 1.165) is 12.1 Å². The number of hydrogen-bond donors (Lipinski definition) is 1. The number of nitrogens with zero attached hydrogens (tertiary/aromatic N) is 2. The molecule has 1 rings (SSSR count). The van der Waals surface area contributed by atoms with Crippen LogP contribution in [0.25, 0.3) is 0 Å². The van der Waals surface area contributed by atoms with Gasteiger partial charge < -0.3 is 10.6 Å². The Kier molecular flexibility index (Phi) is 3.85. The summed E-state index contributed by atoms with van der Waals surface area (Å²) in [6.07, 6.45) is 0. The monoisotopic (exact) mass is 255 g/mol. The van der Waals surface area contributed by atoms with E-state index in [0.29, 0.717) is 0 Å². The van der Waals surface area contributed by atoms with Gasteiger partial charge in [-0.25, -0.2) is 4.39 Å². The maximum absolute atomic E-state index is 13.6. The molecule has 0 saturated heterocycles. The standard InChI is InChI=1S/C11H14FN3O3/c1-6(2)14(3)11(16)9-7(12)4-5-8(10(9)13)15(17)18/h4-6H,13H2,1-3H3. The van der Waals surface area contributed by atoms with E-state index >= 15 is 0 Å². The molecule has 0 aromatic heterocycles. The lowest BCUT2D eigenvalue weighted by Crippen LogP contribution is -2.34. The fraction of sp³-hybridized carbons (Fsp3) is 0.364. The van der Waals surface area contributed by atoms with Gasteiger partial charge >= 0.3 is 0 Å². The van der Waals surface area contributed by atoms with Crippen LogP contribution >= 0.6 is 0 Å². The van der Waals surface area contributed by atoms with Crippen LogP contribution in [-0.2, 0) is 0 Å². The number of nitro groups is 1. The minimum Gasteiger partial charge on any atom is -0.392 e. The highest BCUT2D eigenvalue weighted by atomic mass is 19.1. The van der Waals surface area contributed by atoms with E-state index in [1.54, 1.807) is 13.8 Å². The van der Waals surface area contributed by atoms with Gasteiger partial charge in [0.25, 0.3) is 11.6 Å². The molecule has 0 aliphatic rings. The molecule has 0 radical (unpaired) electrons. The van der Waals surface area contributed by atoms with Crippen LogP contribution < -0.4 is 5.73 Å². The maximum Gasteiger partial charge on any atom is 0.293 e. The van der Waals surface area contributed by atoms with Crippen LogP contribution in [0.2, 0.25) is 0 Å². The number of rotatable bonds is 3. The molecule has 98 valence electrons. The molecule has 0 aliphatic heterocycles. The van der Waals surface area contributed by atoms with E-state index in [-0.39, 0.29) is 6.04 Å². The lowest BCUT2D eigenvalue weighted by atomic mass is 10.1. The predicted octanol–water partition coefficient (Wildman–Crippen LogP) is 1.80. The Hall–Kier alpha value is -2.18. The van der Waals surface area contributed by atoms with Gasteiger partial charge in [0.05, 0.1) is 4.92 Å². The third-order valence-electron chi connectivity index (χ3n) is 2.68. The van der Waals surface area contributed by atoms with Crippen LogP contribution in [0.1, 0.15) is 24.2 Å². The third-order valence-corrected chi connectivity index (χ3v) is 2.68. The molecule has 18 heavy (non-hydrogen) atoms. The molecular weight excluding hydrogens is 241 g/mol. The van der Waals surface area contributed by atoms with Gasteiger partial charge in [-0.1, -0.05) is 0 Å². The summed E-state index contributed by atoms with van der Waals surface area (Å²) < 4.78 is 13.6. The summed E-state index contributed by atoms with van der Waals surface area (Å²) in [6.45, 7) is 3.48. The topological polar surface area (TPSA) is 89.5 Å². The zero-order valence-corrected chi connectivity index (χ0v) is 10.3. The summed E-state index contributed by atoms with van der Waals surface area (Å²) in [5.74, 6) is -1.54. The fourth-order valence-corrected chi connectivity index (χ4v) is 1.37. The lowest BCUT2D eigenvalue weighted by Gasteiger charge is -2.22. The van der Waals surface area contributed by atoms with E-state index in [2.05, 4.69) is 0 Å². The zero-order valence-electron chi connectivity index (χ0n) is 10.3. The van der Waals surface area contributed by atoms with Crippen molar-refractivity contribution in [2.24, 2.45) is 0 Å². The molecule has 0 fully saturated rings. The van der Waals surface area contributed by atoms with Crippen LogP contribution in [0.3, 0.4) is 0 Å². The molecule has 2 N–H and O–H groups in total. The number of benzene rings is 1. The number of nitro benzene ring substituents is 1. The number of hydrogen-bond acceptors (Lipinski definition) is 4. The number of nitrogens with two attached hydrogens (primary N) is 1. The fourth-order valence-electron chi connectivity index (χ4n) is 1.37. The molecule has 0 spiro atoms. The van der Waals surface area contributed by atoms with Crippen molar-refractivity contribution in [3.05, 3.63) is 33.6 Å². The minimum atomic E-state index is -0.865. The van der Waals surface area contributed by atoms with Gasteiger partial charge in [-0.3, -0.25) is 14.9 Å². The Labute approximate surface area is 103 Å². The van der Waals surface area contributed by atoms with Gasteiger partial charge in [0.2, 0.25) is 0 Å². The summed E-state index contributed by atoms with van der Waals surface area (Å²) >= 11 is 0. The molecule has 0 saturated carbocycles. The van der Waals surface area contributed by atoms with Crippen molar-refractivity contribution in [1.82, 2.24) is 4.90 Å². The summed E-state index contributed by atoms with van der Waals surface area (Å²) in [5.41, 5.74) is 4.11. The van der Waals surface area contributed by atoms with Gasteiger partial charge in [0, 0.05) is 19.2 Å². The summed E-state index contributed by atoms with van der Waals surface area (Å²) in [5, 5.41) is 10.7. The first kappa shape index (κ1) is 13.9. The van der Waals surface area contributed by atoms with Gasteiger partial charge in [-0.2, -0.15) is 0 Å². The van der Waals surface area contributed by atoms with Crippen LogP contribution in [0.4, 0.5) is 15.8 Å². The Morgan fingerprint density at radius 3 is 2.50 bits per heavy atom. The van der Waals surface area contributed by atoms with E-state index in [4.69, 9.17) is 5.73 Å². The van der Waals surface area contributed by atoms with E-state index < -0.39 is 33.6 Å². The number of amides is 1. The number of carbonyl (C=O) groups is 1. The van der Waals surface area contributed by atoms with Crippen LogP contribution in [-0.4, -0.2) is 28.8 Å². The van der Waals surface area contributed by atoms with Crippen LogP contribution in [0, 0.1) is 15.9 Å². The average molecular weight is 255 g/mol. The predicted molar refractivity (Wildman–Crippen MR) is 64.7 cm³/mol. The first-order valence-electron chi connectivity index (χ1n) is 5.26. The van der Waals surface area contributed by atoms with Gasteiger partial charge in [-0.05, 0) is 19.9 Å². The first-order valence-corrected chi connectivity index (χ1v) is 5.26. The van der Waals surface area contributed by atoms with Crippen LogP contribution in [0.15, 0.2) is 12.1 Å². The minimum absolute atomic E-state index is 0.171. The van der Waals surface area contributed by atoms with Crippen molar-refractivity contribution in [1.29, 1.82) is 0 Å². The van der Waals surface area contributed by atoms with Gasteiger partial charge in [0.15, 0.2) is 0 Å². The molecular formula is C11H14FN3O3. The van der Waals surface area contributed by atoms with Crippen molar-refractivity contribution in [3.63, 3.8) is 0 Å². The molecule has 0 unspecified atom stereocenters. The second-order valence-corrected chi connectivity index (χ2v) is 4.12. The molecule has 0 aliphatic carbocycles. The van der Waals surface area contributed by atoms with Crippen molar-refractivity contribution in [3.8, 4) is 0 Å². The smallest absolute Gasteiger partial charge is 0.293 e. The van der Waals surface area contributed by atoms with E-state index in [9.17, 15) is 19.3 Å². The Balaban J connectivity index is 3.36. The Bertz CT molecular complexity index is 503. The Morgan fingerprint density at radius 2 is 2.06 bits per heavy atom. The highest BCUT2D eigenvalue weighted by molar-refractivity contribution is 6.01. The molecule has 7 heteroatoms. The number of halogens is 1. The molecule has 0 atom stereocenters. The van der Waals surface area contributed by atoms with Gasteiger partial charge in [0.1, 0.15) is 17.1 Å². The van der Waals surface area contributed by atoms with Crippen molar-refractivity contribution in [2.75, 3.05) is 12.8 Å². The third kappa shape index (κ3) is 2.39. The number of anilines is 1. The van der Waals surface area contributed by atoms with E-state index in [1.807, 2.05) is 0 Å². The van der Waals surface area contributed by atoms with Crippen molar-refractivity contribution in [2.45, 2.75) is 19.9 Å². The maximum atomic E-state index is 13.6. The number of carbonyl (C=O) groups excluding carboxylic acids is 1. The summed E-state index contributed by atoms with van der Waals surface area (Å²) in [4.78, 5) is 23.2. The van der Waals surface area contributed by atoms with Gasteiger partial charge in [-0.15, -0.1) is 0 Å². The second-order valence-electron chi connectivity index (χ2n) is 4.12. The first-order chi connectivity index (χ1) is 8.27. The van der Waals surface area contributed by atoms with Crippen molar-refractivity contribution < 1.29 is 14.1 Å². The van der Waals surface area contributed by atoms with E-state index in [1.165, 1.54) is 11.9 Å². The SMILES string of the molecule is CC(C)N(C)C(=O)c1c(F)ccc([N+](=O)[O-])c1N. The van der Waals surface area contributed by atoms with Crippen LogP contribution in [0.5, 0.6) is 0 Å². The quantitative estimate of drug-likeness (QED) is 0.506. The Morgan fingerprint density at radius 1 is 1.50 bits per heavy atom. The molecule has 0 heterocycles. The normalized spacial score (nSPS) is 10.5. The van der Waals surface area contributed by atoms with Crippen molar-refractivity contribution >= 4 is 17.3 Å². The molecule has 0 bridgehead atoms. The average Bonchev–Trinajstić information content (AvgIpc) is 2.27. The largest absolute Gasteiger partial charge is 0.392 e. The summed E-state index contributed by atoms with van der Waals surface area (Å²) in [6, 6.07) is 1.64. The number of nitrogen functional groups attached to an aromatic ring is 1. The zero-order chi connectivity index (χ0) is 14.0.